The number of anilines is 1. The minimum absolute atomic E-state index is 0.283. The number of hydrogen-bond acceptors (Lipinski definition) is 7. The van der Waals surface area contributed by atoms with Crippen molar-refractivity contribution in [3.8, 4) is 0 Å². The molecule has 2 heterocycles. The molecule has 0 bridgehead atoms. The van der Waals surface area contributed by atoms with E-state index in [1.165, 1.54) is 0 Å². The number of hydrogen-bond donors (Lipinski definition) is 3. The van der Waals surface area contributed by atoms with E-state index >= 15 is 0 Å². The third-order valence-corrected chi connectivity index (χ3v) is 4.66. The van der Waals surface area contributed by atoms with Gasteiger partial charge in [0.2, 0.25) is 5.91 Å². The SMILES string of the molecule is Cc1csc(N2CCCN(C(=O)[C@@H](N)CC(=O)O)CC2)n1.O=C(O)C(F)(F)F. The van der Waals surface area contributed by atoms with E-state index in [9.17, 15) is 22.8 Å². The monoisotopic (exact) mass is 426 g/mol. The zero-order valence-corrected chi connectivity index (χ0v) is 15.8. The number of nitrogens with zero attached hydrogens (tertiary/aromatic N) is 3. The number of carbonyl (C=O) groups excluding carboxylic acids is 1. The summed E-state index contributed by atoms with van der Waals surface area (Å²) in [7, 11) is 0. The number of aryl methyl sites for hydroxylation is 1. The predicted molar refractivity (Wildman–Crippen MR) is 94.2 cm³/mol. The van der Waals surface area contributed by atoms with Crippen LogP contribution in [0.15, 0.2) is 5.38 Å². The van der Waals surface area contributed by atoms with Crippen LogP contribution in [0.25, 0.3) is 0 Å². The van der Waals surface area contributed by atoms with Crippen LogP contribution in [-0.4, -0.2) is 76.3 Å². The molecule has 0 spiro atoms. The van der Waals surface area contributed by atoms with Gasteiger partial charge < -0.3 is 25.7 Å². The Balaban J connectivity index is 0.000000480. The molecule has 1 atom stereocenters. The van der Waals surface area contributed by atoms with E-state index in [4.69, 9.17) is 20.7 Å². The molecule has 13 heteroatoms. The molecule has 9 nitrogen and oxygen atoms in total. The molecule has 28 heavy (non-hydrogen) atoms. The van der Waals surface area contributed by atoms with E-state index in [1.54, 1.807) is 16.2 Å². The van der Waals surface area contributed by atoms with Gasteiger partial charge in [0, 0.05) is 31.6 Å². The topological polar surface area (TPSA) is 137 Å². The summed E-state index contributed by atoms with van der Waals surface area (Å²) in [6.45, 7) is 4.64. The van der Waals surface area contributed by atoms with Crippen LogP contribution in [0, 0.1) is 6.92 Å². The molecule has 1 aliphatic heterocycles. The molecule has 0 unspecified atom stereocenters. The van der Waals surface area contributed by atoms with Crippen LogP contribution in [-0.2, 0) is 14.4 Å². The molecule has 1 amide bonds. The lowest BCUT2D eigenvalue weighted by molar-refractivity contribution is -0.192. The fourth-order valence-electron chi connectivity index (χ4n) is 2.33. The summed E-state index contributed by atoms with van der Waals surface area (Å²) < 4.78 is 31.7. The van der Waals surface area contributed by atoms with E-state index in [1.807, 2.05) is 12.3 Å². The second kappa shape index (κ2) is 10.2. The number of carbonyl (C=O) groups is 3. The lowest BCUT2D eigenvalue weighted by Crippen LogP contribution is -2.46. The maximum absolute atomic E-state index is 12.1. The molecule has 2 rings (SSSR count). The number of aliphatic carboxylic acids is 2. The molecule has 1 aromatic rings. The van der Waals surface area contributed by atoms with Crippen molar-refractivity contribution in [2.75, 3.05) is 31.1 Å². The molecule has 0 aliphatic carbocycles. The summed E-state index contributed by atoms with van der Waals surface area (Å²) in [5.41, 5.74) is 6.65. The van der Waals surface area contributed by atoms with E-state index in [2.05, 4.69) is 9.88 Å². The van der Waals surface area contributed by atoms with Gasteiger partial charge in [-0.2, -0.15) is 13.2 Å². The maximum atomic E-state index is 12.1. The van der Waals surface area contributed by atoms with Crippen LogP contribution in [0.3, 0.4) is 0 Å². The molecule has 1 saturated heterocycles. The van der Waals surface area contributed by atoms with Crippen LogP contribution >= 0.6 is 11.3 Å². The lowest BCUT2D eigenvalue weighted by Gasteiger charge is -2.24. The lowest BCUT2D eigenvalue weighted by atomic mass is 10.2. The first-order valence-corrected chi connectivity index (χ1v) is 9.03. The number of amides is 1. The summed E-state index contributed by atoms with van der Waals surface area (Å²) in [6, 6.07) is -0.962. The van der Waals surface area contributed by atoms with Gasteiger partial charge in [-0.15, -0.1) is 11.3 Å². The van der Waals surface area contributed by atoms with Crippen molar-refractivity contribution in [3.05, 3.63) is 11.1 Å². The van der Waals surface area contributed by atoms with Crippen LogP contribution in [0.2, 0.25) is 0 Å². The summed E-state index contributed by atoms with van der Waals surface area (Å²) >= 11 is 1.60. The Hall–Kier alpha value is -2.41. The van der Waals surface area contributed by atoms with Crippen LogP contribution in [0.5, 0.6) is 0 Å². The van der Waals surface area contributed by atoms with Crippen molar-refractivity contribution in [3.63, 3.8) is 0 Å². The quantitative estimate of drug-likeness (QED) is 0.647. The molecule has 1 fully saturated rings. The van der Waals surface area contributed by atoms with Crippen LogP contribution in [0.1, 0.15) is 18.5 Å². The summed E-state index contributed by atoms with van der Waals surface area (Å²) in [5, 5.41) is 18.8. The van der Waals surface area contributed by atoms with Crippen molar-refractivity contribution in [2.24, 2.45) is 5.73 Å². The highest BCUT2D eigenvalue weighted by Crippen LogP contribution is 2.21. The fraction of sp³-hybridized carbons (Fsp3) is 0.600. The minimum Gasteiger partial charge on any atom is -0.481 e. The highest BCUT2D eigenvalue weighted by Gasteiger charge is 2.38. The number of halogens is 3. The Labute approximate surface area is 162 Å². The van der Waals surface area contributed by atoms with Gasteiger partial charge in [0.15, 0.2) is 5.13 Å². The highest BCUT2D eigenvalue weighted by atomic mass is 32.1. The molecule has 4 N–H and O–H groups in total. The Bertz CT molecular complexity index is 697. The highest BCUT2D eigenvalue weighted by molar-refractivity contribution is 7.13. The summed E-state index contributed by atoms with van der Waals surface area (Å²) in [6.07, 6.45) is -4.59. The maximum Gasteiger partial charge on any atom is 0.490 e. The third-order valence-electron chi connectivity index (χ3n) is 3.64. The first-order chi connectivity index (χ1) is 12.9. The molecular weight excluding hydrogens is 405 g/mol. The predicted octanol–water partition coefficient (Wildman–Crippen LogP) is 0.926. The van der Waals surface area contributed by atoms with E-state index in [0.29, 0.717) is 19.6 Å². The number of aromatic nitrogens is 1. The van der Waals surface area contributed by atoms with Gasteiger partial charge in [-0.05, 0) is 13.3 Å². The van der Waals surface area contributed by atoms with Gasteiger partial charge in [-0.3, -0.25) is 9.59 Å². The molecule has 0 saturated carbocycles. The molecular formula is C15H21F3N4O5S. The molecule has 0 radical (unpaired) electrons. The minimum atomic E-state index is -5.08. The van der Waals surface area contributed by atoms with E-state index < -0.39 is 24.2 Å². The first kappa shape index (κ1) is 23.6. The number of carboxylic acids is 2. The number of carboxylic acid groups (broad SMARTS) is 2. The molecule has 1 aliphatic rings. The van der Waals surface area contributed by atoms with E-state index in [-0.39, 0.29) is 12.3 Å². The average Bonchev–Trinajstić information content (AvgIpc) is 2.86. The van der Waals surface area contributed by atoms with Crippen molar-refractivity contribution in [1.82, 2.24) is 9.88 Å². The zero-order chi connectivity index (χ0) is 21.5. The molecule has 0 aromatic carbocycles. The van der Waals surface area contributed by atoms with Crippen molar-refractivity contribution >= 4 is 34.3 Å². The Morgan fingerprint density at radius 3 is 2.32 bits per heavy atom. The third kappa shape index (κ3) is 7.68. The number of nitrogens with two attached hydrogens (primary N) is 1. The Kier molecular flexibility index (Phi) is 8.63. The Morgan fingerprint density at radius 1 is 1.25 bits per heavy atom. The van der Waals surface area contributed by atoms with E-state index in [0.717, 1.165) is 23.8 Å². The van der Waals surface area contributed by atoms with Crippen molar-refractivity contribution < 1.29 is 37.8 Å². The Morgan fingerprint density at radius 2 is 1.86 bits per heavy atom. The van der Waals surface area contributed by atoms with Crippen LogP contribution < -0.4 is 10.6 Å². The van der Waals surface area contributed by atoms with Gasteiger partial charge in [0.25, 0.3) is 0 Å². The smallest absolute Gasteiger partial charge is 0.481 e. The standard InChI is InChI=1S/C13H20N4O3S.C2HF3O2/c1-9-8-21-13(15-9)17-4-2-3-16(5-6-17)12(20)10(14)7-11(18)19;3-2(4,5)1(6)7/h8,10H,2-7,14H2,1H3,(H,18,19);(H,6,7)/t10-;/m0./s1. The van der Waals surface area contributed by atoms with Gasteiger partial charge in [-0.1, -0.05) is 0 Å². The average molecular weight is 426 g/mol. The zero-order valence-electron chi connectivity index (χ0n) is 15.0. The second-order valence-corrected chi connectivity index (χ2v) is 6.78. The van der Waals surface area contributed by atoms with Crippen molar-refractivity contribution in [2.45, 2.75) is 32.0 Å². The first-order valence-electron chi connectivity index (χ1n) is 8.15. The number of rotatable bonds is 4. The van der Waals surface area contributed by atoms with Crippen molar-refractivity contribution in [1.29, 1.82) is 0 Å². The van der Waals surface area contributed by atoms with Gasteiger partial charge >= 0.3 is 18.1 Å². The largest absolute Gasteiger partial charge is 0.490 e. The number of alkyl halides is 3. The van der Waals surface area contributed by atoms with Gasteiger partial charge in [-0.25, -0.2) is 9.78 Å². The van der Waals surface area contributed by atoms with Crippen LogP contribution in [0.4, 0.5) is 18.3 Å². The van der Waals surface area contributed by atoms with Gasteiger partial charge in [0.1, 0.15) is 0 Å². The number of thiazole rings is 1. The molecule has 158 valence electrons. The summed E-state index contributed by atoms with van der Waals surface area (Å²) in [4.78, 5) is 40.0. The molecule has 1 aromatic heterocycles. The second-order valence-electron chi connectivity index (χ2n) is 5.94. The normalized spacial score (nSPS) is 15.9. The summed E-state index contributed by atoms with van der Waals surface area (Å²) in [5.74, 6) is -4.09. The van der Waals surface area contributed by atoms with Gasteiger partial charge in [0.05, 0.1) is 18.2 Å². The fourth-order valence-corrected chi connectivity index (χ4v) is 3.18.